The number of nitrogens with zero attached hydrogens (tertiary/aromatic N) is 2. The molecule has 0 spiro atoms. The fraction of sp³-hybridized carbons (Fsp3) is 0.444. The number of benzene rings is 1. The van der Waals surface area contributed by atoms with Crippen LogP contribution in [0.5, 0.6) is 0 Å². The van der Waals surface area contributed by atoms with Gasteiger partial charge in [-0.05, 0) is 31.0 Å². The Kier molecular flexibility index (Phi) is 3.91. The fourth-order valence-corrected chi connectivity index (χ4v) is 3.93. The molecule has 1 aromatic carbocycles. The third-order valence-corrected chi connectivity index (χ3v) is 6.11. The van der Waals surface area contributed by atoms with Crippen LogP contribution in [0.1, 0.15) is 52.9 Å². The van der Waals surface area contributed by atoms with Crippen molar-refractivity contribution >= 4 is 15.7 Å². The highest BCUT2D eigenvalue weighted by atomic mass is 32.2. The lowest BCUT2D eigenvalue weighted by molar-refractivity contribution is 0.0727. The average Bonchev–Trinajstić information content (AvgIpc) is 2.94. The molecule has 2 aliphatic rings. The Hall–Kier alpha value is -2.15. The lowest BCUT2D eigenvalue weighted by atomic mass is 9.85. The van der Waals surface area contributed by atoms with Gasteiger partial charge in [-0.3, -0.25) is 4.79 Å². The van der Waals surface area contributed by atoms with Crippen molar-refractivity contribution in [2.45, 2.75) is 43.0 Å². The standard InChI is InChI=1S/C18H20N2O4S/c1-25(22,23)14-7-3-6-13(10-14)18(21)20-9-8-16-15(11-20)19-17(24-16)12-4-2-5-12/h3,6-7,10,12H,2,4-5,8-9,11H2,1H3. The summed E-state index contributed by atoms with van der Waals surface area (Å²) in [7, 11) is -3.34. The molecule has 2 heterocycles. The second-order valence-corrected chi connectivity index (χ2v) is 8.84. The van der Waals surface area contributed by atoms with E-state index in [1.54, 1.807) is 17.0 Å². The van der Waals surface area contributed by atoms with Crippen molar-refractivity contribution in [1.29, 1.82) is 0 Å². The maximum Gasteiger partial charge on any atom is 0.254 e. The Morgan fingerprint density at radius 1 is 1.32 bits per heavy atom. The summed E-state index contributed by atoms with van der Waals surface area (Å²) in [6.45, 7) is 0.960. The molecular formula is C18H20N2O4S. The zero-order chi connectivity index (χ0) is 17.6. The van der Waals surface area contributed by atoms with Crippen molar-refractivity contribution in [1.82, 2.24) is 9.88 Å². The van der Waals surface area contributed by atoms with Gasteiger partial charge in [0.1, 0.15) is 11.5 Å². The van der Waals surface area contributed by atoms with E-state index < -0.39 is 9.84 Å². The number of rotatable bonds is 3. The van der Waals surface area contributed by atoms with Crippen molar-refractivity contribution < 1.29 is 17.6 Å². The van der Waals surface area contributed by atoms with Gasteiger partial charge < -0.3 is 9.32 Å². The largest absolute Gasteiger partial charge is 0.445 e. The maximum absolute atomic E-state index is 12.8. The third-order valence-electron chi connectivity index (χ3n) is 4.99. The number of carbonyl (C=O) groups is 1. The quantitative estimate of drug-likeness (QED) is 0.840. The molecule has 4 rings (SSSR count). The number of oxazole rings is 1. The maximum atomic E-state index is 12.8. The fourth-order valence-electron chi connectivity index (χ4n) is 3.26. The minimum absolute atomic E-state index is 0.157. The molecule has 1 amide bonds. The Bertz CT molecular complexity index is 928. The van der Waals surface area contributed by atoms with E-state index in [-0.39, 0.29) is 10.8 Å². The third kappa shape index (κ3) is 3.08. The van der Waals surface area contributed by atoms with Gasteiger partial charge in [-0.1, -0.05) is 12.5 Å². The Balaban J connectivity index is 1.55. The molecule has 6 nitrogen and oxygen atoms in total. The molecule has 1 aromatic heterocycles. The van der Waals surface area contributed by atoms with Gasteiger partial charge in [-0.15, -0.1) is 0 Å². The molecule has 2 aromatic rings. The highest BCUT2D eigenvalue weighted by Gasteiger charge is 2.30. The molecule has 1 saturated carbocycles. The number of carbonyl (C=O) groups excluding carboxylic acids is 1. The number of sulfone groups is 1. The first-order valence-corrected chi connectivity index (χ1v) is 10.4. The molecule has 25 heavy (non-hydrogen) atoms. The summed E-state index contributed by atoms with van der Waals surface area (Å²) in [5, 5.41) is 0. The minimum Gasteiger partial charge on any atom is -0.445 e. The van der Waals surface area contributed by atoms with Crippen LogP contribution < -0.4 is 0 Å². The van der Waals surface area contributed by atoms with Crippen LogP contribution in [0, 0.1) is 0 Å². The van der Waals surface area contributed by atoms with Gasteiger partial charge in [0.05, 0.1) is 11.4 Å². The van der Waals surface area contributed by atoms with E-state index in [1.807, 2.05) is 0 Å². The first-order chi connectivity index (χ1) is 11.9. The van der Waals surface area contributed by atoms with Gasteiger partial charge in [0, 0.05) is 30.7 Å². The van der Waals surface area contributed by atoms with Crippen LogP contribution in [0.3, 0.4) is 0 Å². The second kappa shape index (κ2) is 5.98. The van der Waals surface area contributed by atoms with Crippen LogP contribution in [-0.2, 0) is 22.8 Å². The number of hydrogen-bond donors (Lipinski definition) is 0. The number of fused-ring (bicyclic) bond motifs is 1. The van der Waals surface area contributed by atoms with E-state index in [2.05, 4.69) is 4.98 Å². The molecule has 0 saturated heterocycles. The van der Waals surface area contributed by atoms with E-state index in [1.165, 1.54) is 18.6 Å². The summed E-state index contributed by atoms with van der Waals surface area (Å²) in [4.78, 5) is 19.2. The van der Waals surface area contributed by atoms with Gasteiger partial charge in [0.2, 0.25) is 0 Å². The van der Waals surface area contributed by atoms with Gasteiger partial charge in [0.15, 0.2) is 15.7 Å². The van der Waals surface area contributed by atoms with Crippen LogP contribution in [0.2, 0.25) is 0 Å². The van der Waals surface area contributed by atoms with Crippen LogP contribution in [0.25, 0.3) is 0 Å². The zero-order valence-corrected chi connectivity index (χ0v) is 14.9. The Morgan fingerprint density at radius 3 is 2.80 bits per heavy atom. The Morgan fingerprint density at radius 2 is 2.12 bits per heavy atom. The minimum atomic E-state index is -3.34. The number of aromatic nitrogens is 1. The Labute approximate surface area is 146 Å². The van der Waals surface area contributed by atoms with Crippen LogP contribution >= 0.6 is 0 Å². The van der Waals surface area contributed by atoms with Gasteiger partial charge in [0.25, 0.3) is 5.91 Å². The summed E-state index contributed by atoms with van der Waals surface area (Å²) in [5.41, 5.74) is 1.22. The highest BCUT2D eigenvalue weighted by molar-refractivity contribution is 7.90. The smallest absolute Gasteiger partial charge is 0.254 e. The summed E-state index contributed by atoms with van der Waals surface area (Å²) in [6, 6.07) is 6.19. The van der Waals surface area contributed by atoms with Crippen molar-refractivity contribution in [2.24, 2.45) is 0 Å². The molecule has 0 unspecified atom stereocenters. The van der Waals surface area contributed by atoms with Gasteiger partial charge >= 0.3 is 0 Å². The van der Waals surface area contributed by atoms with Crippen LogP contribution in [-0.4, -0.2) is 37.0 Å². The topological polar surface area (TPSA) is 80.5 Å². The molecule has 0 bridgehead atoms. The van der Waals surface area contributed by atoms with E-state index in [0.29, 0.717) is 31.0 Å². The van der Waals surface area contributed by atoms with Crippen molar-refractivity contribution in [3.8, 4) is 0 Å². The normalized spacial score (nSPS) is 17.9. The number of hydrogen-bond acceptors (Lipinski definition) is 5. The molecule has 1 aliphatic carbocycles. The zero-order valence-electron chi connectivity index (χ0n) is 14.1. The van der Waals surface area contributed by atoms with Gasteiger partial charge in [-0.25, -0.2) is 13.4 Å². The predicted molar refractivity (Wildman–Crippen MR) is 91.1 cm³/mol. The van der Waals surface area contributed by atoms with Crippen molar-refractivity contribution in [3.05, 3.63) is 47.2 Å². The van der Waals surface area contributed by atoms with E-state index >= 15 is 0 Å². The summed E-state index contributed by atoms with van der Waals surface area (Å²) >= 11 is 0. The second-order valence-electron chi connectivity index (χ2n) is 6.83. The molecule has 132 valence electrons. The molecular weight excluding hydrogens is 340 g/mol. The molecule has 1 fully saturated rings. The van der Waals surface area contributed by atoms with Crippen LogP contribution in [0.15, 0.2) is 33.6 Å². The first kappa shape index (κ1) is 16.3. The highest BCUT2D eigenvalue weighted by Crippen LogP contribution is 2.37. The summed E-state index contributed by atoms with van der Waals surface area (Å²) in [6.07, 6.45) is 5.26. The van der Waals surface area contributed by atoms with Crippen LogP contribution in [0.4, 0.5) is 0 Å². The molecule has 7 heteroatoms. The molecule has 0 radical (unpaired) electrons. The molecule has 1 aliphatic heterocycles. The predicted octanol–water partition coefficient (Wildman–Crippen LogP) is 2.54. The lowest BCUT2D eigenvalue weighted by Gasteiger charge is -2.25. The summed E-state index contributed by atoms with van der Waals surface area (Å²) in [5.74, 6) is 1.95. The molecule has 0 atom stereocenters. The van der Waals surface area contributed by atoms with Crippen molar-refractivity contribution in [2.75, 3.05) is 12.8 Å². The summed E-state index contributed by atoms with van der Waals surface area (Å²) < 4.78 is 29.3. The molecule has 0 N–H and O–H groups in total. The van der Waals surface area contributed by atoms with E-state index in [0.717, 1.165) is 36.4 Å². The first-order valence-electron chi connectivity index (χ1n) is 8.49. The number of amides is 1. The SMILES string of the molecule is CS(=O)(=O)c1cccc(C(=O)N2CCc3oc(C4CCC4)nc3C2)c1. The average molecular weight is 360 g/mol. The van der Waals surface area contributed by atoms with Crippen molar-refractivity contribution in [3.63, 3.8) is 0 Å². The van der Waals surface area contributed by atoms with E-state index in [4.69, 9.17) is 4.42 Å². The monoisotopic (exact) mass is 360 g/mol. The van der Waals surface area contributed by atoms with E-state index in [9.17, 15) is 13.2 Å². The lowest BCUT2D eigenvalue weighted by Crippen LogP contribution is -2.35. The van der Waals surface area contributed by atoms with Gasteiger partial charge in [-0.2, -0.15) is 0 Å².